The highest BCUT2D eigenvalue weighted by Gasteiger charge is 2.02. The van der Waals surface area contributed by atoms with Gasteiger partial charge in [-0.05, 0) is 18.2 Å². The maximum absolute atomic E-state index is 10.9. The van der Waals surface area contributed by atoms with Gasteiger partial charge in [-0.25, -0.2) is 4.98 Å². The molecule has 0 spiro atoms. The summed E-state index contributed by atoms with van der Waals surface area (Å²) in [7, 11) is 0. The number of benzene rings is 1. The van der Waals surface area contributed by atoms with Gasteiger partial charge in [0.15, 0.2) is 0 Å². The Labute approximate surface area is 85.9 Å². The minimum Gasteiger partial charge on any atom is -0.432 e. The summed E-state index contributed by atoms with van der Waals surface area (Å²) >= 11 is 0. The van der Waals surface area contributed by atoms with E-state index in [2.05, 4.69) is 10.3 Å². The lowest BCUT2D eigenvalue weighted by atomic mass is 10.2. The molecule has 3 N–H and O–H groups in total. The average molecular weight is 203 g/mol. The summed E-state index contributed by atoms with van der Waals surface area (Å²) in [4.78, 5) is 14.8. The van der Waals surface area contributed by atoms with Crippen LogP contribution in [0.2, 0.25) is 0 Å². The first-order chi connectivity index (χ1) is 7.25. The van der Waals surface area contributed by atoms with E-state index in [0.29, 0.717) is 17.3 Å². The predicted octanol–water partition coefficient (Wildman–Crippen LogP) is 1.52. The van der Waals surface area contributed by atoms with Gasteiger partial charge in [0.05, 0.1) is 6.20 Å². The number of hydrogen-bond donors (Lipinski definition) is 2. The van der Waals surface area contributed by atoms with Crippen LogP contribution in [0.3, 0.4) is 0 Å². The lowest BCUT2D eigenvalue weighted by Crippen LogP contribution is -2.10. The monoisotopic (exact) mass is 203 g/mol. The van der Waals surface area contributed by atoms with Crippen molar-refractivity contribution in [1.82, 2.24) is 4.98 Å². The summed E-state index contributed by atoms with van der Waals surface area (Å²) in [6.07, 6.45) is 2.99. The molecule has 76 valence electrons. The smallest absolute Gasteiger partial charge is 0.299 e. The first-order valence-corrected chi connectivity index (χ1v) is 4.32. The first kappa shape index (κ1) is 9.26. The highest BCUT2D eigenvalue weighted by atomic mass is 16.4. The van der Waals surface area contributed by atoms with E-state index in [1.165, 1.54) is 12.5 Å². The van der Waals surface area contributed by atoms with Crippen molar-refractivity contribution in [3.63, 3.8) is 0 Å². The highest BCUT2D eigenvalue weighted by Crippen LogP contribution is 2.15. The SMILES string of the molecule is NC(=O)c1cccc(Nc2ncco2)c1. The number of primary amides is 1. The second-order valence-corrected chi connectivity index (χ2v) is 2.91. The second-order valence-electron chi connectivity index (χ2n) is 2.91. The minimum atomic E-state index is -0.467. The number of hydrogen-bond acceptors (Lipinski definition) is 4. The Hall–Kier alpha value is -2.30. The third kappa shape index (κ3) is 2.14. The average Bonchev–Trinajstić information content (AvgIpc) is 2.71. The van der Waals surface area contributed by atoms with Crippen molar-refractivity contribution in [2.75, 3.05) is 5.32 Å². The van der Waals surface area contributed by atoms with Gasteiger partial charge in [-0.1, -0.05) is 6.07 Å². The number of anilines is 2. The normalized spacial score (nSPS) is 9.87. The molecule has 15 heavy (non-hydrogen) atoms. The van der Waals surface area contributed by atoms with Crippen LogP contribution < -0.4 is 11.1 Å². The molecule has 0 atom stereocenters. The molecule has 1 aromatic heterocycles. The molecule has 0 aliphatic rings. The van der Waals surface area contributed by atoms with Crippen LogP contribution in [-0.4, -0.2) is 10.9 Å². The van der Waals surface area contributed by atoms with E-state index in [-0.39, 0.29) is 0 Å². The van der Waals surface area contributed by atoms with Crippen molar-refractivity contribution in [3.8, 4) is 0 Å². The maximum Gasteiger partial charge on any atom is 0.299 e. The molecule has 1 heterocycles. The predicted molar refractivity (Wildman–Crippen MR) is 54.7 cm³/mol. The number of oxazole rings is 1. The lowest BCUT2D eigenvalue weighted by Gasteiger charge is -2.02. The zero-order chi connectivity index (χ0) is 10.7. The van der Waals surface area contributed by atoms with Gasteiger partial charge in [0.2, 0.25) is 5.91 Å². The van der Waals surface area contributed by atoms with E-state index in [0.717, 1.165) is 0 Å². The largest absolute Gasteiger partial charge is 0.432 e. The van der Waals surface area contributed by atoms with Gasteiger partial charge in [-0.3, -0.25) is 4.79 Å². The van der Waals surface area contributed by atoms with Crippen molar-refractivity contribution in [2.24, 2.45) is 5.73 Å². The molecule has 1 aromatic carbocycles. The van der Waals surface area contributed by atoms with Crippen LogP contribution in [0.5, 0.6) is 0 Å². The second kappa shape index (κ2) is 3.83. The Balaban J connectivity index is 2.22. The van der Waals surface area contributed by atoms with Crippen LogP contribution in [0, 0.1) is 0 Å². The summed E-state index contributed by atoms with van der Waals surface area (Å²) < 4.78 is 5.00. The number of nitrogens with zero attached hydrogens (tertiary/aromatic N) is 1. The third-order valence-corrected chi connectivity index (χ3v) is 1.83. The zero-order valence-corrected chi connectivity index (χ0v) is 7.81. The quantitative estimate of drug-likeness (QED) is 0.792. The van der Waals surface area contributed by atoms with Crippen LogP contribution in [0.1, 0.15) is 10.4 Å². The Kier molecular flexibility index (Phi) is 2.37. The fraction of sp³-hybridized carbons (Fsp3) is 0. The summed E-state index contributed by atoms with van der Waals surface area (Å²) in [6.45, 7) is 0. The van der Waals surface area contributed by atoms with Gasteiger partial charge in [0.1, 0.15) is 6.26 Å². The maximum atomic E-state index is 10.9. The number of nitrogens with two attached hydrogens (primary N) is 1. The highest BCUT2D eigenvalue weighted by molar-refractivity contribution is 5.93. The van der Waals surface area contributed by atoms with Crippen molar-refractivity contribution in [1.29, 1.82) is 0 Å². The van der Waals surface area contributed by atoms with Crippen LogP contribution in [-0.2, 0) is 0 Å². The fourth-order valence-corrected chi connectivity index (χ4v) is 1.16. The number of nitrogens with one attached hydrogen (secondary N) is 1. The lowest BCUT2D eigenvalue weighted by molar-refractivity contribution is 0.100. The standard InChI is InChI=1S/C10H9N3O2/c11-9(14)7-2-1-3-8(6-7)13-10-12-4-5-15-10/h1-6H,(H2,11,14)(H,12,13). The van der Waals surface area contributed by atoms with Crippen LogP contribution >= 0.6 is 0 Å². The van der Waals surface area contributed by atoms with E-state index >= 15 is 0 Å². The van der Waals surface area contributed by atoms with Crippen LogP contribution in [0.25, 0.3) is 0 Å². The number of carbonyl (C=O) groups excluding carboxylic acids is 1. The minimum absolute atomic E-state index is 0.372. The third-order valence-electron chi connectivity index (χ3n) is 1.83. The zero-order valence-electron chi connectivity index (χ0n) is 7.81. The van der Waals surface area contributed by atoms with Crippen molar-refractivity contribution < 1.29 is 9.21 Å². The Bertz CT molecular complexity index is 465. The molecule has 5 nitrogen and oxygen atoms in total. The fourth-order valence-electron chi connectivity index (χ4n) is 1.16. The van der Waals surface area contributed by atoms with Crippen molar-refractivity contribution >= 4 is 17.6 Å². The topological polar surface area (TPSA) is 81.2 Å². The van der Waals surface area contributed by atoms with Gasteiger partial charge in [0, 0.05) is 11.3 Å². The molecule has 0 saturated carbocycles. The summed E-state index contributed by atoms with van der Waals surface area (Å²) in [6, 6.07) is 7.16. The molecular formula is C10H9N3O2. The summed E-state index contributed by atoms with van der Waals surface area (Å²) in [5.41, 5.74) is 6.29. The number of rotatable bonds is 3. The van der Waals surface area contributed by atoms with Crippen molar-refractivity contribution in [3.05, 3.63) is 42.3 Å². The molecule has 0 saturated heterocycles. The number of amides is 1. The van der Waals surface area contributed by atoms with Gasteiger partial charge in [0.25, 0.3) is 6.01 Å². The molecule has 1 amide bonds. The van der Waals surface area contributed by atoms with Gasteiger partial charge < -0.3 is 15.5 Å². The first-order valence-electron chi connectivity index (χ1n) is 4.32. The van der Waals surface area contributed by atoms with E-state index in [1.54, 1.807) is 24.3 Å². The van der Waals surface area contributed by atoms with E-state index in [4.69, 9.17) is 10.2 Å². The molecule has 5 heteroatoms. The molecule has 2 rings (SSSR count). The Morgan fingerprint density at radius 2 is 2.33 bits per heavy atom. The molecule has 0 radical (unpaired) electrons. The molecule has 0 aliphatic carbocycles. The van der Waals surface area contributed by atoms with Crippen LogP contribution in [0.4, 0.5) is 11.7 Å². The van der Waals surface area contributed by atoms with Crippen molar-refractivity contribution in [2.45, 2.75) is 0 Å². The number of carbonyl (C=O) groups is 1. The van der Waals surface area contributed by atoms with Gasteiger partial charge in [-0.2, -0.15) is 0 Å². The van der Waals surface area contributed by atoms with Crippen LogP contribution in [0.15, 0.2) is 41.1 Å². The molecule has 0 unspecified atom stereocenters. The molecule has 0 fully saturated rings. The van der Waals surface area contributed by atoms with E-state index in [9.17, 15) is 4.79 Å². The molecule has 0 bridgehead atoms. The van der Waals surface area contributed by atoms with Gasteiger partial charge in [-0.15, -0.1) is 0 Å². The van der Waals surface area contributed by atoms with Gasteiger partial charge >= 0.3 is 0 Å². The Morgan fingerprint density at radius 1 is 1.47 bits per heavy atom. The molecular weight excluding hydrogens is 194 g/mol. The van der Waals surface area contributed by atoms with E-state index in [1.807, 2.05) is 0 Å². The number of aromatic nitrogens is 1. The molecule has 0 aliphatic heterocycles. The molecule has 2 aromatic rings. The Morgan fingerprint density at radius 3 is 3.00 bits per heavy atom. The summed E-state index contributed by atoms with van der Waals surface area (Å²) in [5.74, 6) is -0.467. The van der Waals surface area contributed by atoms with E-state index < -0.39 is 5.91 Å². The summed E-state index contributed by atoms with van der Waals surface area (Å²) in [5, 5.41) is 2.89.